The number of imide groups is 1. The van der Waals surface area contributed by atoms with Gasteiger partial charge in [0.1, 0.15) is 11.2 Å². The van der Waals surface area contributed by atoms with Gasteiger partial charge < -0.3 is 14.6 Å². The second-order valence-corrected chi connectivity index (χ2v) is 7.53. The average Bonchev–Trinajstić information content (AvgIpc) is 2.48. The van der Waals surface area contributed by atoms with Crippen LogP contribution in [0.25, 0.3) is 0 Å². The molecule has 0 aliphatic rings. The monoisotopic (exact) mass is 377 g/mol. The molecule has 0 radical (unpaired) electrons. The van der Waals surface area contributed by atoms with Crippen LogP contribution in [0.3, 0.4) is 0 Å². The highest BCUT2D eigenvalue weighted by atomic mass is 16.6. The SMILES string of the molecule is CC(C)(C)OC(=O)N(C(=O)OC(C)(C)C)N(C(=O)O)c1ccc(C#N)cc1. The van der Waals surface area contributed by atoms with E-state index in [4.69, 9.17) is 14.7 Å². The van der Waals surface area contributed by atoms with Crippen LogP contribution >= 0.6 is 0 Å². The number of hydrogen-bond donors (Lipinski definition) is 1. The van der Waals surface area contributed by atoms with E-state index in [0.717, 1.165) is 0 Å². The molecule has 0 bridgehead atoms. The standard InChI is InChI=1S/C18H23N3O6/c1-17(2,3)26-15(24)21(16(25)27-18(4,5)6)20(14(22)23)13-9-7-12(11-19)8-10-13/h7-10H,1-6H3,(H,22,23). The van der Waals surface area contributed by atoms with Crippen LogP contribution in [0.2, 0.25) is 0 Å². The molecule has 27 heavy (non-hydrogen) atoms. The van der Waals surface area contributed by atoms with Crippen molar-refractivity contribution in [2.75, 3.05) is 5.01 Å². The fraction of sp³-hybridized carbons (Fsp3) is 0.444. The van der Waals surface area contributed by atoms with E-state index in [2.05, 4.69) is 0 Å². The molecule has 1 aromatic carbocycles. The fourth-order valence-electron chi connectivity index (χ4n) is 1.84. The molecular weight excluding hydrogens is 354 g/mol. The third-order valence-corrected chi connectivity index (χ3v) is 2.76. The largest absolute Gasteiger partial charge is 0.463 e. The summed E-state index contributed by atoms with van der Waals surface area (Å²) in [5.41, 5.74) is -1.72. The summed E-state index contributed by atoms with van der Waals surface area (Å²) in [7, 11) is 0. The topological polar surface area (TPSA) is 120 Å². The van der Waals surface area contributed by atoms with Crippen molar-refractivity contribution in [3.05, 3.63) is 29.8 Å². The number of benzene rings is 1. The van der Waals surface area contributed by atoms with Crippen molar-refractivity contribution in [1.82, 2.24) is 5.01 Å². The number of carboxylic acid groups (broad SMARTS) is 1. The summed E-state index contributed by atoms with van der Waals surface area (Å²) < 4.78 is 10.3. The molecule has 1 rings (SSSR count). The molecule has 0 heterocycles. The van der Waals surface area contributed by atoms with Crippen molar-refractivity contribution in [3.8, 4) is 6.07 Å². The number of ether oxygens (including phenoxy) is 2. The van der Waals surface area contributed by atoms with Crippen LogP contribution < -0.4 is 5.01 Å². The summed E-state index contributed by atoms with van der Waals surface area (Å²) >= 11 is 0. The lowest BCUT2D eigenvalue weighted by atomic mass is 10.2. The van der Waals surface area contributed by atoms with Gasteiger partial charge in [0.15, 0.2) is 0 Å². The molecule has 9 nitrogen and oxygen atoms in total. The number of anilines is 1. The van der Waals surface area contributed by atoms with Crippen LogP contribution in [0.5, 0.6) is 0 Å². The number of nitriles is 1. The van der Waals surface area contributed by atoms with Crippen LogP contribution in [-0.2, 0) is 9.47 Å². The highest BCUT2D eigenvalue weighted by Gasteiger charge is 2.39. The highest BCUT2D eigenvalue weighted by Crippen LogP contribution is 2.22. The first-order valence-electron chi connectivity index (χ1n) is 8.04. The maximum Gasteiger partial charge on any atom is 0.440 e. The minimum absolute atomic E-state index is 0.0433. The maximum atomic E-state index is 12.6. The van der Waals surface area contributed by atoms with E-state index in [1.54, 1.807) is 41.5 Å². The minimum Gasteiger partial charge on any atom is -0.463 e. The Bertz CT molecular complexity index is 725. The van der Waals surface area contributed by atoms with E-state index in [1.165, 1.54) is 24.3 Å². The summed E-state index contributed by atoms with van der Waals surface area (Å²) in [5.74, 6) is 0. The molecule has 0 atom stereocenters. The lowest BCUT2D eigenvalue weighted by Crippen LogP contribution is -2.55. The Balaban J connectivity index is 3.41. The zero-order valence-electron chi connectivity index (χ0n) is 16.1. The zero-order chi connectivity index (χ0) is 21.0. The molecule has 0 fully saturated rings. The molecule has 1 N–H and O–H groups in total. The number of carbonyl (C=O) groups excluding carboxylic acids is 2. The molecule has 0 spiro atoms. The first-order valence-corrected chi connectivity index (χ1v) is 8.04. The molecule has 0 saturated carbocycles. The summed E-state index contributed by atoms with van der Waals surface area (Å²) in [5, 5.41) is 19.2. The van der Waals surface area contributed by atoms with E-state index in [0.29, 0.717) is 5.01 Å². The van der Waals surface area contributed by atoms with Gasteiger partial charge in [0.05, 0.1) is 17.3 Å². The number of hydrogen-bond acceptors (Lipinski definition) is 6. The number of amides is 3. The van der Waals surface area contributed by atoms with Crippen LogP contribution in [0.1, 0.15) is 47.1 Å². The van der Waals surface area contributed by atoms with Crippen molar-refractivity contribution < 1.29 is 29.0 Å². The van der Waals surface area contributed by atoms with Crippen LogP contribution in [-0.4, -0.2) is 39.6 Å². The quantitative estimate of drug-likeness (QED) is 0.730. The summed E-state index contributed by atoms with van der Waals surface area (Å²) in [6.45, 7) is 9.45. The van der Waals surface area contributed by atoms with Gasteiger partial charge in [-0.25, -0.2) is 14.4 Å². The Morgan fingerprint density at radius 3 is 1.63 bits per heavy atom. The highest BCUT2D eigenvalue weighted by molar-refractivity contribution is 5.98. The Hall–Kier alpha value is -3.28. The molecule has 0 saturated heterocycles. The van der Waals surface area contributed by atoms with E-state index in [1.807, 2.05) is 6.07 Å². The number of rotatable bonds is 1. The van der Waals surface area contributed by atoms with Gasteiger partial charge >= 0.3 is 18.3 Å². The maximum absolute atomic E-state index is 12.6. The molecule has 9 heteroatoms. The van der Waals surface area contributed by atoms with Gasteiger partial charge in [-0.1, -0.05) is 0 Å². The van der Waals surface area contributed by atoms with E-state index < -0.39 is 29.5 Å². The van der Waals surface area contributed by atoms with Crippen LogP contribution in [0.4, 0.5) is 20.1 Å². The summed E-state index contributed by atoms with van der Waals surface area (Å²) in [6.07, 6.45) is -4.05. The van der Waals surface area contributed by atoms with Gasteiger partial charge in [0, 0.05) is 0 Å². The van der Waals surface area contributed by atoms with Gasteiger partial charge in [-0.3, -0.25) is 0 Å². The van der Waals surface area contributed by atoms with E-state index in [9.17, 15) is 19.5 Å². The fourth-order valence-corrected chi connectivity index (χ4v) is 1.84. The molecule has 0 aliphatic heterocycles. The molecule has 0 unspecified atom stereocenters. The zero-order valence-corrected chi connectivity index (χ0v) is 16.1. The molecule has 3 amide bonds. The van der Waals surface area contributed by atoms with Crippen molar-refractivity contribution in [1.29, 1.82) is 5.26 Å². The van der Waals surface area contributed by atoms with Crippen molar-refractivity contribution in [3.63, 3.8) is 0 Å². The van der Waals surface area contributed by atoms with Crippen LogP contribution in [0.15, 0.2) is 24.3 Å². The third-order valence-electron chi connectivity index (χ3n) is 2.76. The summed E-state index contributed by atoms with van der Waals surface area (Å²) in [4.78, 5) is 37.0. The molecule has 0 aliphatic carbocycles. The van der Waals surface area contributed by atoms with E-state index >= 15 is 0 Å². The van der Waals surface area contributed by atoms with Gasteiger partial charge in [0.2, 0.25) is 0 Å². The Morgan fingerprint density at radius 2 is 1.33 bits per heavy atom. The lowest BCUT2D eigenvalue weighted by Gasteiger charge is -2.33. The van der Waals surface area contributed by atoms with Gasteiger partial charge in [-0.15, -0.1) is 5.01 Å². The predicted molar refractivity (Wildman–Crippen MR) is 96.0 cm³/mol. The van der Waals surface area contributed by atoms with Crippen LogP contribution in [0, 0.1) is 11.3 Å². The average molecular weight is 377 g/mol. The second kappa shape index (κ2) is 7.95. The molecule has 0 aromatic heterocycles. The lowest BCUT2D eigenvalue weighted by molar-refractivity contribution is -0.000820. The second-order valence-electron chi connectivity index (χ2n) is 7.53. The predicted octanol–water partition coefficient (Wildman–Crippen LogP) is 4.13. The Labute approximate surface area is 157 Å². The number of carbonyl (C=O) groups is 3. The molecule has 146 valence electrons. The number of hydrazine groups is 1. The van der Waals surface area contributed by atoms with Gasteiger partial charge in [-0.2, -0.15) is 10.3 Å². The minimum atomic E-state index is -1.61. The Kier molecular flexibility index (Phi) is 6.41. The van der Waals surface area contributed by atoms with Crippen molar-refractivity contribution in [2.45, 2.75) is 52.7 Å². The normalized spacial score (nSPS) is 11.1. The number of nitrogens with zero attached hydrogens (tertiary/aromatic N) is 3. The van der Waals surface area contributed by atoms with Gasteiger partial charge in [0.25, 0.3) is 0 Å². The Morgan fingerprint density at radius 1 is 0.926 bits per heavy atom. The first kappa shape index (κ1) is 21.8. The van der Waals surface area contributed by atoms with E-state index in [-0.39, 0.29) is 16.3 Å². The first-order chi connectivity index (χ1) is 12.2. The van der Waals surface area contributed by atoms with Crippen molar-refractivity contribution >= 4 is 24.0 Å². The smallest absolute Gasteiger partial charge is 0.440 e. The molecular formula is C18H23N3O6. The summed E-state index contributed by atoms with van der Waals surface area (Å²) in [6, 6.07) is 7.18. The third kappa shape index (κ3) is 6.51. The van der Waals surface area contributed by atoms with Gasteiger partial charge in [-0.05, 0) is 65.8 Å². The molecule has 1 aromatic rings. The van der Waals surface area contributed by atoms with Crippen molar-refractivity contribution in [2.24, 2.45) is 0 Å².